The molecule has 20 heavy (non-hydrogen) atoms. The van der Waals surface area contributed by atoms with Crippen LogP contribution < -0.4 is 10.7 Å². The molecular weight excluding hydrogens is 265 g/mol. The summed E-state index contributed by atoms with van der Waals surface area (Å²) in [5.74, 6) is -2.15. The molecule has 2 rings (SSSR count). The van der Waals surface area contributed by atoms with Gasteiger partial charge < -0.3 is 9.67 Å². The van der Waals surface area contributed by atoms with Crippen LogP contribution in [0.1, 0.15) is 17.3 Å². The average molecular weight is 275 g/mol. The van der Waals surface area contributed by atoms with Crippen molar-refractivity contribution in [3.8, 4) is 6.19 Å². The van der Waals surface area contributed by atoms with Gasteiger partial charge in [-0.15, -0.1) is 0 Å². The number of nitrogens with one attached hydrogen (secondary N) is 1. The second kappa shape index (κ2) is 5.01. The molecule has 1 aromatic heterocycles. The maximum Gasteiger partial charge on any atom is 0.341 e. The van der Waals surface area contributed by atoms with Gasteiger partial charge in [-0.3, -0.25) is 10.1 Å². The number of rotatable bonds is 3. The largest absolute Gasteiger partial charge is 0.477 e. The number of carboxylic acid groups (broad SMARTS) is 1. The molecule has 0 unspecified atom stereocenters. The lowest BCUT2D eigenvalue weighted by Crippen LogP contribution is -2.19. The first-order valence-electron chi connectivity index (χ1n) is 5.74. The Hall–Kier alpha value is -2.88. The Labute approximate surface area is 112 Å². The third-order valence-corrected chi connectivity index (χ3v) is 2.93. The molecule has 0 aliphatic carbocycles. The van der Waals surface area contributed by atoms with E-state index in [2.05, 4.69) is 5.32 Å². The van der Waals surface area contributed by atoms with Crippen molar-refractivity contribution in [1.29, 1.82) is 5.26 Å². The number of anilines is 1. The molecule has 2 aromatic rings. The monoisotopic (exact) mass is 275 g/mol. The lowest BCUT2D eigenvalue weighted by Gasteiger charge is -2.11. The first-order chi connectivity index (χ1) is 9.49. The van der Waals surface area contributed by atoms with Crippen molar-refractivity contribution in [3.63, 3.8) is 0 Å². The Kier molecular flexibility index (Phi) is 3.39. The molecule has 7 heteroatoms. The normalized spacial score (nSPS) is 10.2. The van der Waals surface area contributed by atoms with Gasteiger partial charge in [-0.25, -0.2) is 9.18 Å². The van der Waals surface area contributed by atoms with Crippen LogP contribution in [0.5, 0.6) is 0 Å². The van der Waals surface area contributed by atoms with Crippen LogP contribution in [-0.4, -0.2) is 15.6 Å². The van der Waals surface area contributed by atoms with E-state index in [4.69, 9.17) is 10.4 Å². The van der Waals surface area contributed by atoms with Crippen LogP contribution in [0, 0.1) is 17.3 Å². The molecule has 0 amide bonds. The molecule has 0 fully saturated rings. The van der Waals surface area contributed by atoms with Gasteiger partial charge in [-0.1, -0.05) is 0 Å². The first-order valence-corrected chi connectivity index (χ1v) is 5.74. The highest BCUT2D eigenvalue weighted by Crippen LogP contribution is 2.21. The standard InChI is InChI=1S/C13H10FN3O3/c1-2-17-5-8(13(19)20)12(18)7-3-9(14)10(16-6-15)4-11(7)17/h3-5,16H,2H2,1H3,(H,19,20). The van der Waals surface area contributed by atoms with Crippen LogP contribution in [0.25, 0.3) is 10.9 Å². The Bertz CT molecular complexity index is 805. The Morgan fingerprint density at radius 3 is 2.80 bits per heavy atom. The number of aryl methyl sites for hydroxylation is 1. The fourth-order valence-electron chi connectivity index (χ4n) is 1.98. The topological polar surface area (TPSA) is 95.1 Å². The maximum absolute atomic E-state index is 13.7. The predicted octanol–water partition coefficient (Wildman–Crippen LogP) is 1.75. The van der Waals surface area contributed by atoms with E-state index >= 15 is 0 Å². The quantitative estimate of drug-likeness (QED) is 0.657. The highest BCUT2D eigenvalue weighted by Gasteiger charge is 2.16. The SMILES string of the molecule is CCn1cc(C(=O)O)c(=O)c2cc(F)c(NC#N)cc21. The van der Waals surface area contributed by atoms with Crippen LogP contribution in [-0.2, 0) is 6.54 Å². The van der Waals surface area contributed by atoms with E-state index in [0.717, 1.165) is 6.07 Å². The van der Waals surface area contributed by atoms with Gasteiger partial charge in [0.15, 0.2) is 6.19 Å². The summed E-state index contributed by atoms with van der Waals surface area (Å²) in [6, 6.07) is 2.25. The summed E-state index contributed by atoms with van der Waals surface area (Å²) in [5, 5.41) is 19.7. The molecule has 1 aromatic carbocycles. The van der Waals surface area contributed by atoms with Gasteiger partial charge in [0.2, 0.25) is 5.43 Å². The van der Waals surface area contributed by atoms with Crippen molar-refractivity contribution in [2.45, 2.75) is 13.5 Å². The molecule has 0 aliphatic heterocycles. The van der Waals surface area contributed by atoms with E-state index < -0.39 is 22.8 Å². The van der Waals surface area contributed by atoms with Gasteiger partial charge in [0.25, 0.3) is 0 Å². The van der Waals surface area contributed by atoms with E-state index in [0.29, 0.717) is 12.1 Å². The van der Waals surface area contributed by atoms with Gasteiger partial charge in [-0.2, -0.15) is 5.26 Å². The number of benzene rings is 1. The van der Waals surface area contributed by atoms with Crippen LogP contribution in [0.3, 0.4) is 0 Å². The number of fused-ring (bicyclic) bond motifs is 1. The van der Waals surface area contributed by atoms with E-state index in [1.165, 1.54) is 16.8 Å². The molecule has 1 heterocycles. The highest BCUT2D eigenvalue weighted by atomic mass is 19.1. The zero-order valence-electron chi connectivity index (χ0n) is 10.5. The minimum Gasteiger partial charge on any atom is -0.477 e. The summed E-state index contributed by atoms with van der Waals surface area (Å²) in [6.45, 7) is 2.16. The van der Waals surface area contributed by atoms with Gasteiger partial charge >= 0.3 is 5.97 Å². The van der Waals surface area contributed by atoms with E-state index in [9.17, 15) is 14.0 Å². The van der Waals surface area contributed by atoms with E-state index in [1.54, 1.807) is 13.1 Å². The van der Waals surface area contributed by atoms with Crippen LogP contribution in [0.4, 0.5) is 10.1 Å². The number of aromatic carboxylic acids is 1. The Morgan fingerprint density at radius 2 is 2.25 bits per heavy atom. The maximum atomic E-state index is 13.7. The summed E-state index contributed by atoms with van der Waals surface area (Å²) in [6.07, 6.45) is 2.81. The summed E-state index contributed by atoms with van der Waals surface area (Å²) in [7, 11) is 0. The van der Waals surface area contributed by atoms with Gasteiger partial charge in [0.05, 0.1) is 11.2 Å². The van der Waals surface area contributed by atoms with Crippen LogP contribution >= 0.6 is 0 Å². The second-order valence-electron chi connectivity index (χ2n) is 4.05. The van der Waals surface area contributed by atoms with E-state index in [-0.39, 0.29) is 11.1 Å². The van der Waals surface area contributed by atoms with Crippen molar-refractivity contribution < 1.29 is 14.3 Å². The minimum absolute atomic E-state index is 0.0345. The zero-order chi connectivity index (χ0) is 14.9. The number of hydrogen-bond donors (Lipinski definition) is 2. The zero-order valence-corrected chi connectivity index (χ0v) is 10.5. The third-order valence-electron chi connectivity index (χ3n) is 2.93. The smallest absolute Gasteiger partial charge is 0.341 e. The molecule has 6 nitrogen and oxygen atoms in total. The number of nitrogens with zero attached hydrogens (tertiary/aromatic N) is 2. The number of nitriles is 1. The van der Waals surface area contributed by atoms with Crippen molar-refractivity contribution in [2.24, 2.45) is 0 Å². The summed E-state index contributed by atoms with van der Waals surface area (Å²) >= 11 is 0. The minimum atomic E-state index is -1.36. The van der Waals surface area contributed by atoms with Gasteiger partial charge in [0.1, 0.15) is 11.4 Å². The molecule has 0 spiro atoms. The van der Waals surface area contributed by atoms with Gasteiger partial charge in [0, 0.05) is 18.1 Å². The molecule has 0 bridgehead atoms. The molecular formula is C13H10FN3O3. The fraction of sp³-hybridized carbons (Fsp3) is 0.154. The van der Waals surface area contributed by atoms with Crippen LogP contribution in [0.2, 0.25) is 0 Å². The molecule has 2 N–H and O–H groups in total. The number of hydrogen-bond acceptors (Lipinski definition) is 4. The molecule has 0 saturated heterocycles. The third kappa shape index (κ3) is 2.07. The average Bonchev–Trinajstić information content (AvgIpc) is 2.41. The first kappa shape index (κ1) is 13.5. The number of carbonyl (C=O) groups is 1. The second-order valence-corrected chi connectivity index (χ2v) is 4.05. The Balaban J connectivity index is 2.91. The van der Waals surface area contributed by atoms with Crippen molar-refractivity contribution in [1.82, 2.24) is 4.57 Å². The number of pyridine rings is 1. The van der Waals surface area contributed by atoms with Crippen LogP contribution in [0.15, 0.2) is 23.1 Å². The van der Waals surface area contributed by atoms with Crippen molar-refractivity contribution >= 4 is 22.6 Å². The molecule has 0 atom stereocenters. The van der Waals surface area contributed by atoms with Crippen molar-refractivity contribution in [3.05, 3.63) is 39.9 Å². The lowest BCUT2D eigenvalue weighted by molar-refractivity contribution is 0.0695. The number of aromatic nitrogens is 1. The molecule has 0 aliphatic rings. The fourth-order valence-corrected chi connectivity index (χ4v) is 1.98. The Morgan fingerprint density at radius 1 is 1.55 bits per heavy atom. The summed E-state index contributed by atoms with van der Waals surface area (Å²) < 4.78 is 15.3. The van der Waals surface area contributed by atoms with E-state index in [1.807, 2.05) is 0 Å². The van der Waals surface area contributed by atoms with Crippen molar-refractivity contribution in [2.75, 3.05) is 5.32 Å². The lowest BCUT2D eigenvalue weighted by atomic mass is 10.1. The van der Waals surface area contributed by atoms with Gasteiger partial charge in [-0.05, 0) is 19.1 Å². The summed E-state index contributed by atoms with van der Waals surface area (Å²) in [5.41, 5.74) is -0.870. The summed E-state index contributed by atoms with van der Waals surface area (Å²) in [4.78, 5) is 23.0. The molecule has 102 valence electrons. The molecule has 0 radical (unpaired) electrons. The molecule has 0 saturated carbocycles. The number of halogens is 1. The highest BCUT2D eigenvalue weighted by molar-refractivity contribution is 5.93. The number of carboxylic acids is 1. The predicted molar refractivity (Wildman–Crippen MR) is 70.0 cm³/mol.